The van der Waals surface area contributed by atoms with Crippen molar-refractivity contribution in [3.05, 3.63) is 0 Å². The number of nitrogens with two attached hydrogens (primary N) is 1. The number of rotatable bonds is 7. The van der Waals surface area contributed by atoms with Crippen LogP contribution in [0.4, 0.5) is 0 Å². The van der Waals surface area contributed by atoms with Gasteiger partial charge < -0.3 is 10.5 Å². The van der Waals surface area contributed by atoms with Crippen molar-refractivity contribution < 1.29 is 4.74 Å². The monoisotopic (exact) mass is 187 g/mol. The highest BCUT2D eigenvalue weighted by Crippen LogP contribution is 2.14. The Hall–Kier alpha value is -0.0800. The summed E-state index contributed by atoms with van der Waals surface area (Å²) in [4.78, 5) is 0. The van der Waals surface area contributed by atoms with Gasteiger partial charge in [-0.1, -0.05) is 20.8 Å². The minimum Gasteiger partial charge on any atom is -0.385 e. The molecule has 2 N–H and O–H groups in total. The average Bonchev–Trinajstić information content (AvgIpc) is 2.10. The third-order valence-electron chi connectivity index (χ3n) is 2.66. The first-order valence-corrected chi connectivity index (χ1v) is 5.32. The van der Waals surface area contributed by atoms with E-state index in [0.717, 1.165) is 25.4 Å². The van der Waals surface area contributed by atoms with E-state index in [-0.39, 0.29) is 0 Å². The molecule has 0 aliphatic carbocycles. The van der Waals surface area contributed by atoms with Gasteiger partial charge in [0.1, 0.15) is 0 Å². The van der Waals surface area contributed by atoms with Gasteiger partial charge in [-0.05, 0) is 31.1 Å². The van der Waals surface area contributed by atoms with Gasteiger partial charge >= 0.3 is 0 Å². The molecular weight excluding hydrogens is 162 g/mol. The first-order chi connectivity index (χ1) is 6.07. The van der Waals surface area contributed by atoms with E-state index in [9.17, 15) is 0 Å². The second-order valence-electron chi connectivity index (χ2n) is 4.37. The topological polar surface area (TPSA) is 35.2 Å². The fraction of sp³-hybridized carbons (Fsp3) is 1.00. The van der Waals surface area contributed by atoms with Crippen molar-refractivity contribution in [2.75, 3.05) is 13.7 Å². The molecule has 0 fully saturated rings. The van der Waals surface area contributed by atoms with Crippen molar-refractivity contribution in [2.45, 2.75) is 46.1 Å². The predicted octanol–water partition coefficient (Wildman–Crippen LogP) is 2.42. The van der Waals surface area contributed by atoms with Gasteiger partial charge in [0, 0.05) is 19.8 Å². The smallest absolute Gasteiger partial charge is 0.0464 e. The molecule has 13 heavy (non-hydrogen) atoms. The predicted molar refractivity (Wildman–Crippen MR) is 57.7 cm³/mol. The lowest BCUT2D eigenvalue weighted by atomic mass is 9.94. The van der Waals surface area contributed by atoms with Gasteiger partial charge in [0.15, 0.2) is 0 Å². The summed E-state index contributed by atoms with van der Waals surface area (Å²) in [6.45, 7) is 7.51. The van der Waals surface area contributed by atoms with Crippen LogP contribution in [-0.4, -0.2) is 19.8 Å². The maximum atomic E-state index is 5.96. The SMILES string of the molecule is COCCC(C)CCC(N)C(C)C. The van der Waals surface area contributed by atoms with E-state index in [4.69, 9.17) is 10.5 Å². The molecule has 2 atom stereocenters. The standard InChI is InChI=1S/C11H25NO/c1-9(2)11(12)6-5-10(3)7-8-13-4/h9-11H,5-8,12H2,1-4H3. The molecule has 2 heteroatoms. The van der Waals surface area contributed by atoms with Crippen molar-refractivity contribution in [3.63, 3.8) is 0 Å². The van der Waals surface area contributed by atoms with Crippen LogP contribution < -0.4 is 5.73 Å². The normalized spacial score (nSPS) is 16.2. The maximum absolute atomic E-state index is 5.96. The van der Waals surface area contributed by atoms with Crippen LogP contribution in [0.25, 0.3) is 0 Å². The molecule has 0 aliphatic rings. The van der Waals surface area contributed by atoms with Crippen molar-refractivity contribution in [3.8, 4) is 0 Å². The Balaban J connectivity index is 3.40. The number of hydrogen-bond acceptors (Lipinski definition) is 2. The summed E-state index contributed by atoms with van der Waals surface area (Å²) < 4.78 is 5.04. The molecule has 0 amide bonds. The van der Waals surface area contributed by atoms with Crippen LogP contribution in [0.1, 0.15) is 40.0 Å². The van der Waals surface area contributed by atoms with Crippen LogP contribution in [0.15, 0.2) is 0 Å². The van der Waals surface area contributed by atoms with Crippen molar-refractivity contribution in [2.24, 2.45) is 17.6 Å². The fourth-order valence-electron chi connectivity index (χ4n) is 1.27. The summed E-state index contributed by atoms with van der Waals surface area (Å²) in [5.74, 6) is 1.35. The van der Waals surface area contributed by atoms with E-state index in [1.807, 2.05) is 0 Å². The van der Waals surface area contributed by atoms with E-state index < -0.39 is 0 Å². The molecule has 0 saturated heterocycles. The zero-order valence-corrected chi connectivity index (χ0v) is 9.55. The van der Waals surface area contributed by atoms with Gasteiger partial charge in [0.05, 0.1) is 0 Å². The fourth-order valence-corrected chi connectivity index (χ4v) is 1.27. The lowest BCUT2D eigenvalue weighted by molar-refractivity contribution is 0.177. The van der Waals surface area contributed by atoms with Crippen LogP contribution in [0.5, 0.6) is 0 Å². The van der Waals surface area contributed by atoms with E-state index >= 15 is 0 Å². The average molecular weight is 187 g/mol. The lowest BCUT2D eigenvalue weighted by Gasteiger charge is -2.18. The number of hydrogen-bond donors (Lipinski definition) is 1. The summed E-state index contributed by atoms with van der Waals surface area (Å²) in [6.07, 6.45) is 3.52. The molecule has 2 unspecified atom stereocenters. The van der Waals surface area contributed by atoms with Crippen LogP contribution in [0, 0.1) is 11.8 Å². The second kappa shape index (κ2) is 7.34. The zero-order chi connectivity index (χ0) is 10.3. The van der Waals surface area contributed by atoms with Crippen LogP contribution in [0.3, 0.4) is 0 Å². The second-order valence-corrected chi connectivity index (χ2v) is 4.37. The minimum absolute atomic E-state index is 0.366. The Kier molecular flexibility index (Phi) is 7.29. The van der Waals surface area contributed by atoms with Gasteiger partial charge in [-0.15, -0.1) is 0 Å². The highest BCUT2D eigenvalue weighted by Gasteiger charge is 2.09. The molecule has 0 aromatic rings. The Bertz CT molecular complexity index is 115. The van der Waals surface area contributed by atoms with E-state index in [1.165, 1.54) is 6.42 Å². The molecule has 0 radical (unpaired) electrons. The van der Waals surface area contributed by atoms with Crippen LogP contribution in [-0.2, 0) is 4.74 Å². The summed E-state index contributed by atoms with van der Waals surface area (Å²) in [7, 11) is 1.76. The third kappa shape index (κ3) is 7.03. The Labute approximate surface area is 82.8 Å². The van der Waals surface area contributed by atoms with Crippen molar-refractivity contribution in [1.82, 2.24) is 0 Å². The summed E-state index contributed by atoms with van der Waals surface area (Å²) >= 11 is 0. The van der Waals surface area contributed by atoms with Crippen LogP contribution in [0.2, 0.25) is 0 Å². The number of ether oxygens (including phenoxy) is 1. The molecular formula is C11H25NO. The third-order valence-corrected chi connectivity index (χ3v) is 2.66. The van der Waals surface area contributed by atoms with Gasteiger partial charge in [-0.25, -0.2) is 0 Å². The first kappa shape index (κ1) is 12.9. The Morgan fingerprint density at radius 3 is 2.15 bits per heavy atom. The van der Waals surface area contributed by atoms with E-state index in [1.54, 1.807) is 7.11 Å². The molecule has 2 nitrogen and oxygen atoms in total. The summed E-state index contributed by atoms with van der Waals surface area (Å²) in [6, 6.07) is 0.366. The Morgan fingerprint density at radius 2 is 1.69 bits per heavy atom. The molecule has 0 spiro atoms. The molecule has 80 valence electrons. The largest absolute Gasteiger partial charge is 0.385 e. The molecule has 0 rings (SSSR count). The summed E-state index contributed by atoms with van der Waals surface area (Å²) in [5, 5.41) is 0. The molecule has 0 aromatic carbocycles. The van der Waals surface area contributed by atoms with Crippen molar-refractivity contribution >= 4 is 0 Å². The highest BCUT2D eigenvalue weighted by atomic mass is 16.5. The van der Waals surface area contributed by atoms with Crippen molar-refractivity contribution in [1.29, 1.82) is 0 Å². The molecule has 0 heterocycles. The minimum atomic E-state index is 0.366. The van der Waals surface area contributed by atoms with Crippen LogP contribution >= 0.6 is 0 Å². The molecule has 0 aromatic heterocycles. The van der Waals surface area contributed by atoms with E-state index in [2.05, 4.69) is 20.8 Å². The molecule has 0 bridgehead atoms. The first-order valence-electron chi connectivity index (χ1n) is 5.32. The van der Waals surface area contributed by atoms with Gasteiger partial charge in [0.2, 0.25) is 0 Å². The van der Waals surface area contributed by atoms with Gasteiger partial charge in [0.25, 0.3) is 0 Å². The quantitative estimate of drug-likeness (QED) is 0.664. The highest BCUT2D eigenvalue weighted by molar-refractivity contribution is 4.66. The maximum Gasteiger partial charge on any atom is 0.0464 e. The lowest BCUT2D eigenvalue weighted by Crippen LogP contribution is -2.26. The zero-order valence-electron chi connectivity index (χ0n) is 9.55. The molecule has 0 aliphatic heterocycles. The Morgan fingerprint density at radius 1 is 1.08 bits per heavy atom. The molecule has 0 saturated carbocycles. The van der Waals surface area contributed by atoms with Gasteiger partial charge in [-0.2, -0.15) is 0 Å². The summed E-state index contributed by atoms with van der Waals surface area (Å²) in [5.41, 5.74) is 5.96. The van der Waals surface area contributed by atoms with Gasteiger partial charge in [-0.3, -0.25) is 0 Å². The van der Waals surface area contributed by atoms with E-state index in [0.29, 0.717) is 12.0 Å². The number of methoxy groups -OCH3 is 1.